The number of halogens is 1. The minimum absolute atomic E-state index is 0.0473. The molecular formula is C23H27FN4O2S. The smallest absolute Gasteiger partial charge is 0.319 e. The van der Waals surface area contributed by atoms with Gasteiger partial charge >= 0.3 is 6.03 Å². The molecule has 2 aromatic rings. The Morgan fingerprint density at radius 2 is 1.77 bits per heavy atom. The second-order valence-corrected chi connectivity index (χ2v) is 9.03. The van der Waals surface area contributed by atoms with E-state index in [2.05, 4.69) is 21.6 Å². The number of urea groups is 1. The van der Waals surface area contributed by atoms with Gasteiger partial charge in [-0.25, -0.2) is 9.18 Å². The number of benzene rings is 2. The van der Waals surface area contributed by atoms with E-state index in [1.54, 1.807) is 11.8 Å². The van der Waals surface area contributed by atoms with Crippen LogP contribution in [0.4, 0.5) is 20.6 Å². The first-order chi connectivity index (χ1) is 15.0. The van der Waals surface area contributed by atoms with Gasteiger partial charge in [0, 0.05) is 42.0 Å². The van der Waals surface area contributed by atoms with E-state index in [9.17, 15) is 14.0 Å². The predicted molar refractivity (Wildman–Crippen MR) is 122 cm³/mol. The number of para-hydroxylation sites is 1. The Morgan fingerprint density at radius 1 is 1.06 bits per heavy atom. The molecule has 4 rings (SSSR count). The molecule has 1 atom stereocenters. The van der Waals surface area contributed by atoms with Crippen LogP contribution in [0.5, 0.6) is 0 Å². The van der Waals surface area contributed by atoms with Crippen LogP contribution in [0.3, 0.4) is 0 Å². The number of piperidine rings is 1. The molecule has 0 saturated carbocycles. The maximum Gasteiger partial charge on any atom is 0.319 e. The second kappa shape index (κ2) is 9.70. The standard InChI is InChI=1S/C23H27FN4O2S/c1-16(22(29)28-14-15-31-21-5-3-2-4-20(21)28)27-12-10-19(11-13-27)26-23(30)25-18-8-6-17(24)7-9-18/h2-9,16,19H,10-15H2,1H3,(H2,25,26,30). The summed E-state index contributed by atoms with van der Waals surface area (Å²) in [7, 11) is 0. The molecule has 1 unspecified atom stereocenters. The number of anilines is 2. The summed E-state index contributed by atoms with van der Waals surface area (Å²) in [6.07, 6.45) is 1.56. The molecule has 0 radical (unpaired) electrons. The molecule has 0 bridgehead atoms. The van der Waals surface area contributed by atoms with Crippen LogP contribution in [0, 0.1) is 5.82 Å². The molecule has 2 N–H and O–H groups in total. The Bertz CT molecular complexity index is 931. The first kappa shape index (κ1) is 21.6. The van der Waals surface area contributed by atoms with Crippen LogP contribution in [0.25, 0.3) is 0 Å². The van der Waals surface area contributed by atoms with Crippen molar-refractivity contribution in [3.8, 4) is 0 Å². The lowest BCUT2D eigenvalue weighted by molar-refractivity contribution is -0.123. The average Bonchev–Trinajstić information content (AvgIpc) is 2.80. The lowest BCUT2D eigenvalue weighted by Gasteiger charge is -2.38. The van der Waals surface area contributed by atoms with Crippen molar-refractivity contribution in [2.45, 2.75) is 36.7 Å². The van der Waals surface area contributed by atoms with E-state index < -0.39 is 0 Å². The number of hydrogen-bond acceptors (Lipinski definition) is 4. The summed E-state index contributed by atoms with van der Waals surface area (Å²) in [5, 5.41) is 5.71. The molecule has 3 amide bonds. The number of carbonyl (C=O) groups excluding carboxylic acids is 2. The van der Waals surface area contributed by atoms with E-state index in [0.29, 0.717) is 5.69 Å². The molecule has 2 aliphatic rings. The van der Waals surface area contributed by atoms with Crippen molar-refractivity contribution in [3.63, 3.8) is 0 Å². The van der Waals surface area contributed by atoms with Crippen molar-refractivity contribution in [2.75, 3.05) is 35.6 Å². The molecule has 2 aliphatic heterocycles. The maximum atomic E-state index is 13.2. The quantitative estimate of drug-likeness (QED) is 0.753. The Balaban J connectivity index is 1.28. The van der Waals surface area contributed by atoms with Gasteiger partial charge in [-0.1, -0.05) is 12.1 Å². The van der Waals surface area contributed by atoms with Crippen LogP contribution >= 0.6 is 11.8 Å². The Morgan fingerprint density at radius 3 is 2.52 bits per heavy atom. The van der Waals surface area contributed by atoms with Crippen LogP contribution in [-0.2, 0) is 4.79 Å². The lowest BCUT2D eigenvalue weighted by atomic mass is 10.0. The molecule has 2 heterocycles. The van der Waals surface area contributed by atoms with Crippen molar-refractivity contribution in [1.82, 2.24) is 10.2 Å². The van der Waals surface area contributed by atoms with Crippen LogP contribution < -0.4 is 15.5 Å². The van der Waals surface area contributed by atoms with E-state index >= 15 is 0 Å². The van der Waals surface area contributed by atoms with Crippen LogP contribution in [-0.4, -0.2) is 54.3 Å². The molecule has 6 nitrogen and oxygen atoms in total. The van der Waals surface area contributed by atoms with Crippen molar-refractivity contribution < 1.29 is 14.0 Å². The third kappa shape index (κ3) is 5.19. The number of nitrogens with zero attached hydrogens (tertiary/aromatic N) is 2. The third-order valence-corrected chi connectivity index (χ3v) is 6.91. The van der Waals surface area contributed by atoms with Crippen molar-refractivity contribution in [1.29, 1.82) is 0 Å². The summed E-state index contributed by atoms with van der Waals surface area (Å²) < 4.78 is 13.0. The topological polar surface area (TPSA) is 64.7 Å². The van der Waals surface area contributed by atoms with Gasteiger partial charge in [-0.2, -0.15) is 0 Å². The number of fused-ring (bicyclic) bond motifs is 1. The fourth-order valence-corrected chi connectivity index (χ4v) is 5.09. The number of amides is 3. The molecule has 164 valence electrons. The predicted octanol–water partition coefficient (Wildman–Crippen LogP) is 3.94. The SMILES string of the molecule is CC(C(=O)N1CCSc2ccccc21)N1CCC(NC(=O)Nc2ccc(F)cc2)CC1. The van der Waals surface area contributed by atoms with E-state index in [1.807, 2.05) is 30.0 Å². The summed E-state index contributed by atoms with van der Waals surface area (Å²) in [6.45, 7) is 4.20. The van der Waals surface area contributed by atoms with Crippen molar-refractivity contribution >= 4 is 35.1 Å². The van der Waals surface area contributed by atoms with E-state index in [4.69, 9.17) is 0 Å². The highest BCUT2D eigenvalue weighted by atomic mass is 32.2. The highest BCUT2D eigenvalue weighted by Gasteiger charge is 2.32. The molecular weight excluding hydrogens is 415 g/mol. The molecule has 0 aliphatic carbocycles. The fourth-order valence-electron chi connectivity index (χ4n) is 4.10. The molecule has 0 aromatic heterocycles. The number of carbonyl (C=O) groups is 2. The monoisotopic (exact) mass is 442 g/mol. The van der Waals surface area contributed by atoms with Gasteiger partial charge in [-0.3, -0.25) is 9.69 Å². The van der Waals surface area contributed by atoms with Gasteiger partial charge in [0.15, 0.2) is 0 Å². The molecule has 31 heavy (non-hydrogen) atoms. The number of hydrogen-bond donors (Lipinski definition) is 2. The van der Waals surface area contributed by atoms with Crippen molar-refractivity contribution in [2.24, 2.45) is 0 Å². The Hall–Kier alpha value is -2.58. The summed E-state index contributed by atoms with van der Waals surface area (Å²) >= 11 is 1.79. The maximum absolute atomic E-state index is 13.2. The fraction of sp³-hybridized carbons (Fsp3) is 0.391. The minimum Gasteiger partial charge on any atom is -0.335 e. The molecule has 1 fully saturated rings. The first-order valence-electron chi connectivity index (χ1n) is 10.6. The van der Waals surface area contributed by atoms with Gasteiger partial charge in [-0.05, 0) is 56.2 Å². The summed E-state index contributed by atoms with van der Waals surface area (Å²) in [6, 6.07) is 13.3. The number of rotatable bonds is 4. The average molecular weight is 443 g/mol. The summed E-state index contributed by atoms with van der Waals surface area (Å²) in [5.74, 6) is 0.701. The largest absolute Gasteiger partial charge is 0.335 e. The van der Waals surface area contributed by atoms with Gasteiger partial charge in [0.1, 0.15) is 5.82 Å². The van der Waals surface area contributed by atoms with Gasteiger partial charge in [-0.15, -0.1) is 11.8 Å². The number of nitrogens with one attached hydrogen (secondary N) is 2. The van der Waals surface area contributed by atoms with Gasteiger partial charge in [0.25, 0.3) is 0 Å². The van der Waals surface area contributed by atoms with E-state index in [-0.39, 0.29) is 29.8 Å². The zero-order valence-electron chi connectivity index (χ0n) is 17.5. The zero-order chi connectivity index (χ0) is 21.8. The minimum atomic E-state index is -0.339. The Labute approximate surface area is 186 Å². The molecule has 8 heteroatoms. The van der Waals surface area contributed by atoms with Gasteiger partial charge in [0.2, 0.25) is 5.91 Å². The van der Waals surface area contributed by atoms with Crippen LogP contribution in [0.2, 0.25) is 0 Å². The summed E-state index contributed by atoms with van der Waals surface area (Å²) in [4.78, 5) is 30.7. The van der Waals surface area contributed by atoms with Crippen LogP contribution in [0.1, 0.15) is 19.8 Å². The second-order valence-electron chi connectivity index (χ2n) is 7.90. The highest BCUT2D eigenvalue weighted by Crippen LogP contribution is 2.35. The third-order valence-electron chi connectivity index (χ3n) is 5.87. The zero-order valence-corrected chi connectivity index (χ0v) is 18.3. The van der Waals surface area contributed by atoms with E-state index in [1.165, 1.54) is 24.3 Å². The number of likely N-dealkylation sites (tertiary alicyclic amines) is 1. The van der Waals surface area contributed by atoms with E-state index in [0.717, 1.165) is 48.8 Å². The highest BCUT2D eigenvalue weighted by molar-refractivity contribution is 7.99. The van der Waals surface area contributed by atoms with Crippen LogP contribution in [0.15, 0.2) is 53.4 Å². The molecule has 0 spiro atoms. The molecule has 2 aromatic carbocycles. The first-order valence-corrected chi connectivity index (χ1v) is 11.6. The van der Waals surface area contributed by atoms with Gasteiger partial charge < -0.3 is 15.5 Å². The van der Waals surface area contributed by atoms with Gasteiger partial charge in [0.05, 0.1) is 11.7 Å². The Kier molecular flexibility index (Phi) is 6.77. The summed E-state index contributed by atoms with van der Waals surface area (Å²) in [5.41, 5.74) is 1.56. The number of thioether (sulfide) groups is 1. The molecule has 1 saturated heterocycles. The lowest BCUT2D eigenvalue weighted by Crippen LogP contribution is -2.53. The normalized spacial score (nSPS) is 18.2. The van der Waals surface area contributed by atoms with Crippen molar-refractivity contribution in [3.05, 3.63) is 54.3 Å².